The molecule has 1 aliphatic heterocycles. The summed E-state index contributed by atoms with van der Waals surface area (Å²) in [7, 11) is 1.08. The summed E-state index contributed by atoms with van der Waals surface area (Å²) in [5.41, 5.74) is -0.342. The third-order valence-electron chi connectivity index (χ3n) is 2.43. The molecule has 1 atom stereocenters. The Hall–Kier alpha value is -2.19. The first-order valence-electron chi connectivity index (χ1n) is 5.68. The van der Waals surface area contributed by atoms with E-state index in [1.165, 1.54) is 6.92 Å². The van der Waals surface area contributed by atoms with Crippen molar-refractivity contribution >= 4 is 17.6 Å². The van der Waals surface area contributed by atoms with Crippen molar-refractivity contribution in [1.29, 1.82) is 0 Å². The number of aliphatic hydroxyl groups is 2. The lowest BCUT2D eigenvalue weighted by Crippen LogP contribution is -2.28. The Kier molecular flexibility index (Phi) is 5.42. The van der Waals surface area contributed by atoms with Gasteiger partial charge in [0.25, 0.3) is 5.91 Å². The van der Waals surface area contributed by atoms with Crippen LogP contribution in [0.1, 0.15) is 6.92 Å². The summed E-state index contributed by atoms with van der Waals surface area (Å²) in [4.78, 5) is 27.0. The second kappa shape index (κ2) is 6.83. The third kappa shape index (κ3) is 3.90. The number of hydrogen-bond donors (Lipinski definition) is 3. The Bertz CT molecular complexity index is 494. The van der Waals surface area contributed by atoms with E-state index in [2.05, 4.69) is 21.6 Å². The van der Waals surface area contributed by atoms with Crippen molar-refractivity contribution in [3.05, 3.63) is 23.7 Å². The van der Waals surface area contributed by atoms with E-state index in [0.717, 1.165) is 7.11 Å². The summed E-state index contributed by atoms with van der Waals surface area (Å²) < 4.78 is 9.54. The predicted octanol–water partition coefficient (Wildman–Crippen LogP) is -0.589. The van der Waals surface area contributed by atoms with Crippen molar-refractivity contribution in [1.82, 2.24) is 5.32 Å². The second-order valence-electron chi connectivity index (χ2n) is 4.03. The quantitative estimate of drug-likeness (QED) is 0.554. The standard InChI is InChI=1S/C12H16N2O6/c1-6-4-20-5-8(15)7(2)14-9(12(18)19-3)10(16)11(17)13-6/h8,15-16H,1,4-5H2,2-3H3,(H,13,17)/b10-9+,14-7?. The summed E-state index contributed by atoms with van der Waals surface area (Å²) in [5.74, 6) is -2.90. The van der Waals surface area contributed by atoms with Crippen molar-refractivity contribution < 1.29 is 29.3 Å². The van der Waals surface area contributed by atoms with Crippen LogP contribution in [0, 0.1) is 0 Å². The Balaban J connectivity index is 3.28. The zero-order valence-corrected chi connectivity index (χ0v) is 11.2. The highest BCUT2D eigenvalue weighted by atomic mass is 16.5. The maximum Gasteiger partial charge on any atom is 0.360 e. The van der Waals surface area contributed by atoms with Crippen LogP contribution in [0.5, 0.6) is 0 Å². The molecule has 8 nitrogen and oxygen atoms in total. The first-order valence-corrected chi connectivity index (χ1v) is 5.68. The van der Waals surface area contributed by atoms with Gasteiger partial charge in [0.15, 0.2) is 5.70 Å². The van der Waals surface area contributed by atoms with Crippen LogP contribution in [0.15, 0.2) is 28.7 Å². The van der Waals surface area contributed by atoms with Gasteiger partial charge in [0.2, 0.25) is 5.76 Å². The van der Waals surface area contributed by atoms with Crippen LogP contribution in [-0.2, 0) is 19.1 Å². The zero-order chi connectivity index (χ0) is 15.3. The minimum atomic E-state index is -1.09. The Morgan fingerprint density at radius 2 is 2.25 bits per heavy atom. The topological polar surface area (TPSA) is 117 Å². The maximum atomic E-state index is 11.7. The van der Waals surface area contributed by atoms with Gasteiger partial charge in [0.05, 0.1) is 20.3 Å². The number of nitrogens with zero attached hydrogens (tertiary/aromatic N) is 1. The van der Waals surface area contributed by atoms with Gasteiger partial charge in [-0.15, -0.1) is 0 Å². The fourth-order valence-corrected chi connectivity index (χ4v) is 1.32. The number of carbonyl (C=O) groups is 2. The molecule has 0 bridgehead atoms. The van der Waals surface area contributed by atoms with E-state index in [1.807, 2.05) is 0 Å². The molecular formula is C12H16N2O6. The van der Waals surface area contributed by atoms with Crippen molar-refractivity contribution in [2.45, 2.75) is 13.0 Å². The molecule has 0 spiro atoms. The van der Waals surface area contributed by atoms with Gasteiger partial charge in [-0.1, -0.05) is 6.58 Å². The number of hydrogen-bond acceptors (Lipinski definition) is 7. The number of nitrogens with one attached hydrogen (secondary N) is 1. The van der Waals surface area contributed by atoms with Crippen LogP contribution in [0.2, 0.25) is 0 Å². The molecule has 0 aromatic rings. The van der Waals surface area contributed by atoms with E-state index in [0.29, 0.717) is 0 Å². The van der Waals surface area contributed by atoms with Crippen LogP contribution < -0.4 is 5.32 Å². The number of amides is 1. The Morgan fingerprint density at radius 3 is 2.85 bits per heavy atom. The van der Waals surface area contributed by atoms with E-state index in [9.17, 15) is 19.8 Å². The first kappa shape index (κ1) is 15.9. The summed E-state index contributed by atoms with van der Waals surface area (Å²) in [6, 6.07) is 0. The van der Waals surface area contributed by atoms with Gasteiger partial charge in [0, 0.05) is 11.4 Å². The van der Waals surface area contributed by atoms with Crippen LogP contribution in [-0.4, -0.2) is 54.2 Å². The number of methoxy groups -OCH3 is 1. The lowest BCUT2D eigenvalue weighted by Gasteiger charge is -2.11. The summed E-state index contributed by atoms with van der Waals surface area (Å²) in [6.07, 6.45) is -1.09. The molecule has 1 unspecified atom stereocenters. The number of ether oxygens (including phenoxy) is 2. The van der Waals surface area contributed by atoms with E-state index in [4.69, 9.17) is 4.74 Å². The minimum absolute atomic E-state index is 0.0447. The molecule has 1 rings (SSSR count). The Labute approximate surface area is 115 Å². The number of aliphatic imine (C=N–C) groups is 1. The van der Waals surface area contributed by atoms with Crippen LogP contribution in [0.3, 0.4) is 0 Å². The molecule has 20 heavy (non-hydrogen) atoms. The lowest BCUT2D eigenvalue weighted by molar-refractivity contribution is -0.137. The maximum absolute atomic E-state index is 11.7. The molecule has 0 radical (unpaired) electrons. The summed E-state index contributed by atoms with van der Waals surface area (Å²) in [5, 5.41) is 21.8. The summed E-state index contributed by atoms with van der Waals surface area (Å²) in [6.45, 7) is 4.79. The number of esters is 1. The molecule has 110 valence electrons. The Morgan fingerprint density at radius 1 is 1.60 bits per heavy atom. The monoisotopic (exact) mass is 284 g/mol. The van der Waals surface area contributed by atoms with Gasteiger partial charge in [-0.05, 0) is 6.92 Å². The number of aliphatic hydroxyl groups excluding tert-OH is 2. The number of rotatable bonds is 1. The predicted molar refractivity (Wildman–Crippen MR) is 68.9 cm³/mol. The highest BCUT2D eigenvalue weighted by Gasteiger charge is 2.24. The molecule has 0 aliphatic carbocycles. The molecular weight excluding hydrogens is 268 g/mol. The van der Waals surface area contributed by atoms with Crippen molar-refractivity contribution in [3.8, 4) is 0 Å². The molecule has 3 N–H and O–H groups in total. The molecule has 1 amide bonds. The van der Waals surface area contributed by atoms with E-state index in [1.54, 1.807) is 0 Å². The molecule has 0 fully saturated rings. The van der Waals surface area contributed by atoms with Gasteiger partial charge in [0.1, 0.15) is 6.10 Å². The molecule has 0 aromatic carbocycles. The van der Waals surface area contributed by atoms with Gasteiger partial charge in [-0.3, -0.25) is 4.79 Å². The minimum Gasteiger partial charge on any atom is -0.501 e. The van der Waals surface area contributed by atoms with Crippen LogP contribution in [0.4, 0.5) is 0 Å². The van der Waals surface area contributed by atoms with Gasteiger partial charge in [-0.2, -0.15) is 0 Å². The normalized spacial score (nSPS) is 25.4. The first-order chi connectivity index (χ1) is 9.36. The summed E-state index contributed by atoms with van der Waals surface area (Å²) >= 11 is 0. The molecule has 0 aromatic heterocycles. The highest BCUT2D eigenvalue weighted by molar-refractivity contribution is 6.03. The highest BCUT2D eigenvalue weighted by Crippen LogP contribution is 2.10. The SMILES string of the molecule is C=C1COCC(O)C(C)=N/C(C(=O)OC)=C(/O)C(=O)N1. The molecule has 1 aliphatic rings. The number of carbonyl (C=O) groups excluding carboxylic acids is 2. The zero-order valence-electron chi connectivity index (χ0n) is 11.2. The van der Waals surface area contributed by atoms with Crippen LogP contribution in [0.25, 0.3) is 0 Å². The van der Waals surface area contributed by atoms with Crippen LogP contribution >= 0.6 is 0 Å². The van der Waals surface area contributed by atoms with Gasteiger partial charge >= 0.3 is 5.97 Å². The van der Waals surface area contributed by atoms with Gasteiger partial charge in [-0.25, -0.2) is 9.79 Å². The second-order valence-corrected chi connectivity index (χ2v) is 4.03. The van der Waals surface area contributed by atoms with E-state index < -0.39 is 29.4 Å². The average Bonchev–Trinajstić information content (AvgIpc) is 2.42. The third-order valence-corrected chi connectivity index (χ3v) is 2.43. The smallest absolute Gasteiger partial charge is 0.360 e. The van der Waals surface area contributed by atoms with Crippen molar-refractivity contribution in [2.24, 2.45) is 4.99 Å². The molecule has 0 saturated heterocycles. The fraction of sp³-hybridized carbons (Fsp3) is 0.417. The van der Waals surface area contributed by atoms with Crippen molar-refractivity contribution in [3.63, 3.8) is 0 Å². The van der Waals surface area contributed by atoms with Crippen molar-refractivity contribution in [2.75, 3.05) is 20.3 Å². The van der Waals surface area contributed by atoms with E-state index >= 15 is 0 Å². The molecule has 1 heterocycles. The van der Waals surface area contributed by atoms with E-state index in [-0.39, 0.29) is 24.6 Å². The largest absolute Gasteiger partial charge is 0.501 e. The van der Waals surface area contributed by atoms with Gasteiger partial charge < -0.3 is 25.0 Å². The molecule has 8 heteroatoms. The average molecular weight is 284 g/mol. The lowest BCUT2D eigenvalue weighted by atomic mass is 10.2. The fourth-order valence-electron chi connectivity index (χ4n) is 1.32. The molecule has 0 saturated carbocycles.